The molecule has 2 aromatic rings. The average Bonchev–Trinajstić information content (AvgIpc) is 2.67. The van der Waals surface area contributed by atoms with Gasteiger partial charge in [-0.05, 0) is 48.7 Å². The Labute approximate surface area is 160 Å². The molecule has 0 atom stereocenters. The van der Waals surface area contributed by atoms with E-state index in [2.05, 4.69) is 29.2 Å². The fourth-order valence-corrected chi connectivity index (χ4v) is 3.57. The normalized spacial score (nSPS) is 15.7. The molecule has 26 heavy (non-hydrogen) atoms. The van der Waals surface area contributed by atoms with Crippen molar-refractivity contribution in [3.63, 3.8) is 0 Å². The van der Waals surface area contributed by atoms with Gasteiger partial charge in [0.2, 0.25) is 0 Å². The number of Topliss-reactive ketones (excluding diaryl/α,β-unsaturated/α-hetero) is 1. The van der Waals surface area contributed by atoms with E-state index in [1.165, 1.54) is 11.1 Å². The van der Waals surface area contributed by atoms with Crippen molar-refractivity contribution < 1.29 is 14.3 Å². The third-order valence-electron chi connectivity index (χ3n) is 4.95. The Morgan fingerprint density at radius 2 is 1.77 bits per heavy atom. The van der Waals surface area contributed by atoms with Crippen LogP contribution in [0.25, 0.3) is 0 Å². The lowest BCUT2D eigenvalue weighted by molar-refractivity contribution is 0.0972. The van der Waals surface area contributed by atoms with Gasteiger partial charge in [-0.1, -0.05) is 24.3 Å². The highest BCUT2D eigenvalue weighted by atomic mass is 35.5. The van der Waals surface area contributed by atoms with Crippen LogP contribution in [0.5, 0.6) is 11.5 Å². The minimum absolute atomic E-state index is 0. The van der Waals surface area contributed by atoms with Crippen molar-refractivity contribution in [3.05, 3.63) is 59.2 Å². The summed E-state index contributed by atoms with van der Waals surface area (Å²) in [6.45, 7) is 4.15. The predicted molar refractivity (Wildman–Crippen MR) is 104 cm³/mol. The molecular weight excluding hydrogens is 350 g/mol. The molecule has 5 heteroatoms. The van der Waals surface area contributed by atoms with E-state index in [9.17, 15) is 4.79 Å². The van der Waals surface area contributed by atoms with E-state index in [-0.39, 0.29) is 18.2 Å². The Morgan fingerprint density at radius 1 is 1.00 bits per heavy atom. The van der Waals surface area contributed by atoms with Gasteiger partial charge >= 0.3 is 0 Å². The minimum atomic E-state index is 0. The first-order valence-electron chi connectivity index (χ1n) is 9.01. The largest absolute Gasteiger partial charge is 0.486 e. The topological polar surface area (TPSA) is 38.8 Å². The first-order chi connectivity index (χ1) is 12.3. The van der Waals surface area contributed by atoms with Gasteiger partial charge < -0.3 is 9.47 Å². The molecule has 0 saturated heterocycles. The zero-order valence-electron chi connectivity index (χ0n) is 14.8. The Bertz CT molecular complexity index is 778. The van der Waals surface area contributed by atoms with E-state index in [1.807, 2.05) is 18.2 Å². The number of rotatable bonds is 5. The number of ether oxygens (including phenoxy) is 2. The maximum Gasteiger partial charge on any atom is 0.163 e. The monoisotopic (exact) mass is 373 g/mol. The van der Waals surface area contributed by atoms with Gasteiger partial charge in [-0.15, -0.1) is 12.4 Å². The molecular formula is C21H24ClNO3. The van der Waals surface area contributed by atoms with Crippen LogP contribution in [0, 0.1) is 0 Å². The van der Waals surface area contributed by atoms with Gasteiger partial charge in [0.25, 0.3) is 0 Å². The lowest BCUT2D eigenvalue weighted by Crippen LogP contribution is -2.31. The number of fused-ring (bicyclic) bond motifs is 2. The van der Waals surface area contributed by atoms with E-state index in [4.69, 9.17) is 9.47 Å². The van der Waals surface area contributed by atoms with Crippen LogP contribution in [0.4, 0.5) is 0 Å². The van der Waals surface area contributed by atoms with Gasteiger partial charge in [-0.3, -0.25) is 9.69 Å². The molecule has 2 aliphatic rings. The van der Waals surface area contributed by atoms with Crippen molar-refractivity contribution in [2.75, 3.05) is 26.3 Å². The number of benzene rings is 2. The highest BCUT2D eigenvalue weighted by Crippen LogP contribution is 2.31. The molecule has 0 saturated carbocycles. The van der Waals surface area contributed by atoms with Crippen LogP contribution in [0.3, 0.4) is 0 Å². The van der Waals surface area contributed by atoms with Crippen molar-refractivity contribution in [1.82, 2.24) is 4.90 Å². The lowest BCUT2D eigenvalue weighted by atomic mass is 9.99. The molecule has 0 spiro atoms. The predicted octanol–water partition coefficient (Wildman–Crippen LogP) is 3.90. The SMILES string of the molecule is Cl.O=C(CCCN1CCc2ccccc2C1)c1ccc2c(c1)OCCO2. The summed E-state index contributed by atoms with van der Waals surface area (Å²) in [6.07, 6.45) is 2.56. The summed E-state index contributed by atoms with van der Waals surface area (Å²) >= 11 is 0. The standard InChI is InChI=1S/C21H23NO3.ClH/c23-19(17-7-8-20-21(14-17)25-13-12-24-20)6-3-10-22-11-9-16-4-1-2-5-18(16)15-22;/h1-2,4-5,7-8,14H,3,6,9-13,15H2;1H. The van der Waals surface area contributed by atoms with Crippen molar-refractivity contribution >= 4 is 18.2 Å². The van der Waals surface area contributed by atoms with E-state index in [0.717, 1.165) is 38.2 Å². The van der Waals surface area contributed by atoms with Crippen molar-refractivity contribution in [2.45, 2.75) is 25.8 Å². The molecule has 2 aliphatic heterocycles. The first-order valence-corrected chi connectivity index (χ1v) is 9.01. The van der Waals surface area contributed by atoms with Crippen LogP contribution < -0.4 is 9.47 Å². The highest BCUT2D eigenvalue weighted by molar-refractivity contribution is 5.96. The maximum absolute atomic E-state index is 12.5. The van der Waals surface area contributed by atoms with Gasteiger partial charge in [0, 0.05) is 25.1 Å². The zero-order chi connectivity index (χ0) is 17.1. The Morgan fingerprint density at radius 3 is 2.62 bits per heavy atom. The molecule has 2 heterocycles. The lowest BCUT2D eigenvalue weighted by Gasteiger charge is -2.28. The zero-order valence-corrected chi connectivity index (χ0v) is 15.6. The van der Waals surface area contributed by atoms with E-state index in [0.29, 0.717) is 30.9 Å². The molecule has 0 radical (unpaired) electrons. The maximum atomic E-state index is 12.5. The first kappa shape index (κ1) is 18.7. The van der Waals surface area contributed by atoms with Crippen molar-refractivity contribution in [2.24, 2.45) is 0 Å². The number of carbonyl (C=O) groups is 1. The molecule has 2 aromatic carbocycles. The Kier molecular flexibility index (Phi) is 6.17. The van der Waals surface area contributed by atoms with Crippen molar-refractivity contribution in [1.29, 1.82) is 0 Å². The summed E-state index contributed by atoms with van der Waals surface area (Å²) < 4.78 is 11.1. The van der Waals surface area contributed by atoms with Crippen molar-refractivity contribution in [3.8, 4) is 11.5 Å². The van der Waals surface area contributed by atoms with Crippen LogP contribution >= 0.6 is 12.4 Å². The van der Waals surface area contributed by atoms with E-state index < -0.39 is 0 Å². The minimum Gasteiger partial charge on any atom is -0.486 e. The molecule has 0 unspecified atom stereocenters. The third-order valence-corrected chi connectivity index (χ3v) is 4.95. The summed E-state index contributed by atoms with van der Waals surface area (Å²) in [6, 6.07) is 14.1. The third kappa shape index (κ3) is 4.19. The summed E-state index contributed by atoms with van der Waals surface area (Å²) in [5.74, 6) is 1.59. The van der Waals surface area contributed by atoms with Crippen LogP contribution in [-0.2, 0) is 13.0 Å². The van der Waals surface area contributed by atoms with E-state index >= 15 is 0 Å². The molecule has 138 valence electrons. The molecule has 0 fully saturated rings. The van der Waals surface area contributed by atoms with Gasteiger partial charge in [0.1, 0.15) is 13.2 Å². The number of carbonyl (C=O) groups excluding carboxylic acids is 1. The molecule has 4 rings (SSSR count). The molecule has 0 N–H and O–H groups in total. The fraction of sp³-hybridized carbons (Fsp3) is 0.381. The second kappa shape index (κ2) is 8.56. The van der Waals surface area contributed by atoms with Crippen LogP contribution in [0.15, 0.2) is 42.5 Å². The number of nitrogens with zero attached hydrogens (tertiary/aromatic N) is 1. The summed E-state index contributed by atoms with van der Waals surface area (Å²) in [7, 11) is 0. The number of hydrogen-bond acceptors (Lipinski definition) is 4. The molecule has 0 bridgehead atoms. The molecule has 4 nitrogen and oxygen atoms in total. The average molecular weight is 374 g/mol. The van der Waals surface area contributed by atoms with Gasteiger partial charge in [-0.25, -0.2) is 0 Å². The molecule has 0 aliphatic carbocycles. The van der Waals surface area contributed by atoms with Crippen LogP contribution in [0.1, 0.15) is 34.3 Å². The summed E-state index contributed by atoms with van der Waals surface area (Å²) in [5.41, 5.74) is 3.60. The number of hydrogen-bond donors (Lipinski definition) is 0. The quantitative estimate of drug-likeness (QED) is 0.745. The highest BCUT2D eigenvalue weighted by Gasteiger charge is 2.17. The number of ketones is 1. The summed E-state index contributed by atoms with van der Waals surface area (Å²) in [5, 5.41) is 0. The second-order valence-corrected chi connectivity index (χ2v) is 6.68. The Balaban J connectivity index is 0.00000196. The van der Waals surface area contributed by atoms with Gasteiger partial charge in [-0.2, -0.15) is 0 Å². The molecule has 0 aromatic heterocycles. The fourth-order valence-electron chi connectivity index (χ4n) is 3.57. The van der Waals surface area contributed by atoms with Gasteiger partial charge in [0.15, 0.2) is 17.3 Å². The van der Waals surface area contributed by atoms with E-state index in [1.54, 1.807) is 0 Å². The number of halogens is 1. The Hall–Kier alpha value is -2.04. The van der Waals surface area contributed by atoms with Crippen LogP contribution in [0.2, 0.25) is 0 Å². The summed E-state index contributed by atoms with van der Waals surface area (Å²) in [4.78, 5) is 14.9. The van der Waals surface area contributed by atoms with Gasteiger partial charge in [0.05, 0.1) is 0 Å². The molecule has 0 amide bonds. The second-order valence-electron chi connectivity index (χ2n) is 6.68. The smallest absolute Gasteiger partial charge is 0.163 e. The van der Waals surface area contributed by atoms with Crippen LogP contribution in [-0.4, -0.2) is 37.0 Å².